The largest absolute Gasteiger partial charge is 0.293 e. The van der Waals surface area contributed by atoms with Gasteiger partial charge in [0.25, 0.3) is 0 Å². The van der Waals surface area contributed by atoms with E-state index in [1.165, 1.54) is 25.1 Å². The van der Waals surface area contributed by atoms with Crippen LogP contribution in [0.25, 0.3) is 20.2 Å². The maximum atomic E-state index is 12.5. The normalized spacial score (nSPS) is 10.9. The SMILES string of the molecule is O=C(CCCSc1ccccc1)c1ccc(-c2ccc(-c3ccccc3)s2)s1. The predicted molar refractivity (Wildman–Crippen MR) is 124 cm³/mol. The number of hydrogen-bond acceptors (Lipinski definition) is 4. The van der Waals surface area contributed by atoms with Crippen molar-refractivity contribution in [2.75, 3.05) is 5.75 Å². The van der Waals surface area contributed by atoms with Crippen LogP contribution in [0.2, 0.25) is 0 Å². The predicted octanol–water partition coefficient (Wildman–Crippen LogP) is 7.90. The van der Waals surface area contributed by atoms with E-state index >= 15 is 0 Å². The van der Waals surface area contributed by atoms with Gasteiger partial charge in [0.05, 0.1) is 4.88 Å². The highest BCUT2D eigenvalue weighted by molar-refractivity contribution is 7.99. The number of thioether (sulfide) groups is 1. The van der Waals surface area contributed by atoms with E-state index in [9.17, 15) is 4.79 Å². The van der Waals surface area contributed by atoms with Gasteiger partial charge in [-0.1, -0.05) is 48.5 Å². The summed E-state index contributed by atoms with van der Waals surface area (Å²) in [5, 5.41) is 0. The fourth-order valence-corrected chi connectivity index (χ4v) is 5.86. The van der Waals surface area contributed by atoms with Gasteiger partial charge in [0.2, 0.25) is 0 Å². The molecule has 28 heavy (non-hydrogen) atoms. The summed E-state index contributed by atoms with van der Waals surface area (Å²) in [4.78, 5) is 18.3. The number of hydrogen-bond donors (Lipinski definition) is 0. The molecule has 4 rings (SSSR count). The highest BCUT2D eigenvalue weighted by Gasteiger charge is 2.12. The lowest BCUT2D eigenvalue weighted by atomic mass is 10.2. The molecule has 4 aromatic rings. The molecule has 0 aliphatic heterocycles. The molecule has 0 atom stereocenters. The fraction of sp³-hybridized carbons (Fsp3) is 0.125. The molecule has 0 bridgehead atoms. The Hall–Kier alpha value is -2.14. The van der Waals surface area contributed by atoms with E-state index in [2.05, 4.69) is 66.7 Å². The molecule has 1 nitrogen and oxygen atoms in total. The zero-order valence-corrected chi connectivity index (χ0v) is 17.8. The molecule has 0 N–H and O–H groups in total. The average Bonchev–Trinajstić information content (AvgIpc) is 3.42. The average molecular weight is 421 g/mol. The van der Waals surface area contributed by atoms with Gasteiger partial charge in [0, 0.05) is 25.9 Å². The van der Waals surface area contributed by atoms with Crippen molar-refractivity contribution in [3.8, 4) is 20.2 Å². The van der Waals surface area contributed by atoms with Crippen LogP contribution in [-0.4, -0.2) is 11.5 Å². The van der Waals surface area contributed by atoms with Crippen LogP contribution in [0.5, 0.6) is 0 Å². The van der Waals surface area contributed by atoms with Crippen molar-refractivity contribution in [1.82, 2.24) is 0 Å². The minimum absolute atomic E-state index is 0.254. The Morgan fingerprint density at radius 2 is 1.36 bits per heavy atom. The topological polar surface area (TPSA) is 17.1 Å². The molecule has 0 aliphatic carbocycles. The van der Waals surface area contributed by atoms with Gasteiger partial charge < -0.3 is 0 Å². The Morgan fingerprint density at radius 1 is 0.714 bits per heavy atom. The summed E-state index contributed by atoms with van der Waals surface area (Å²) in [7, 11) is 0. The first-order valence-corrected chi connectivity index (χ1v) is 11.9. The molecular weight excluding hydrogens is 400 g/mol. The molecule has 2 aromatic carbocycles. The molecule has 4 heteroatoms. The van der Waals surface area contributed by atoms with Crippen molar-refractivity contribution in [1.29, 1.82) is 0 Å². The maximum absolute atomic E-state index is 12.5. The Morgan fingerprint density at radius 3 is 2.14 bits per heavy atom. The van der Waals surface area contributed by atoms with E-state index in [-0.39, 0.29) is 5.78 Å². The molecule has 0 radical (unpaired) electrons. The third-order valence-electron chi connectivity index (χ3n) is 4.35. The van der Waals surface area contributed by atoms with Crippen LogP contribution in [-0.2, 0) is 0 Å². The Labute approximate surface area is 178 Å². The molecule has 0 spiro atoms. The van der Waals surface area contributed by atoms with Crippen molar-refractivity contribution < 1.29 is 4.79 Å². The summed E-state index contributed by atoms with van der Waals surface area (Å²) < 4.78 is 0. The molecule has 2 heterocycles. The number of Topliss-reactive ketones (excluding diaryl/α,β-unsaturated/α-hetero) is 1. The molecule has 0 saturated heterocycles. The number of benzene rings is 2. The van der Waals surface area contributed by atoms with Crippen molar-refractivity contribution in [3.63, 3.8) is 0 Å². The molecule has 0 saturated carbocycles. The van der Waals surface area contributed by atoms with E-state index in [1.54, 1.807) is 22.7 Å². The first-order valence-electron chi connectivity index (χ1n) is 9.26. The van der Waals surface area contributed by atoms with Crippen molar-refractivity contribution in [3.05, 3.63) is 89.8 Å². The number of ketones is 1. The van der Waals surface area contributed by atoms with Crippen LogP contribution in [0, 0.1) is 0 Å². The third-order valence-corrected chi connectivity index (χ3v) is 7.90. The summed E-state index contributed by atoms with van der Waals surface area (Å²) in [5.41, 5.74) is 1.24. The maximum Gasteiger partial charge on any atom is 0.172 e. The first-order chi connectivity index (χ1) is 13.8. The van der Waals surface area contributed by atoms with Crippen molar-refractivity contribution in [2.24, 2.45) is 0 Å². The summed E-state index contributed by atoms with van der Waals surface area (Å²) in [6.45, 7) is 0. The molecule has 2 aromatic heterocycles. The molecule has 0 amide bonds. The molecule has 140 valence electrons. The standard InChI is InChI=1S/C24H20OS3/c25-20(12-7-17-26-19-10-5-2-6-11-19)22-14-16-24(28-22)23-15-13-21(27-23)18-8-3-1-4-9-18/h1-6,8-11,13-16H,7,12,17H2. The number of thiophene rings is 2. The number of carbonyl (C=O) groups excluding carboxylic acids is 1. The second kappa shape index (κ2) is 9.37. The molecule has 0 unspecified atom stereocenters. The quantitative estimate of drug-likeness (QED) is 0.164. The highest BCUT2D eigenvalue weighted by Crippen LogP contribution is 2.38. The monoisotopic (exact) mass is 420 g/mol. The minimum atomic E-state index is 0.254. The molecule has 0 aliphatic rings. The highest BCUT2D eigenvalue weighted by atomic mass is 32.2. The molecular formula is C24H20OS3. The summed E-state index contributed by atoms with van der Waals surface area (Å²) >= 11 is 5.20. The van der Waals surface area contributed by atoms with Crippen LogP contribution in [0.15, 0.2) is 89.8 Å². The molecule has 0 fully saturated rings. The van der Waals surface area contributed by atoms with E-state index in [4.69, 9.17) is 0 Å². The lowest BCUT2D eigenvalue weighted by molar-refractivity contribution is 0.0986. The van der Waals surface area contributed by atoms with Crippen LogP contribution < -0.4 is 0 Å². The minimum Gasteiger partial charge on any atom is -0.293 e. The fourth-order valence-electron chi connectivity index (χ4n) is 2.91. The summed E-state index contributed by atoms with van der Waals surface area (Å²) in [6.07, 6.45) is 1.52. The second-order valence-electron chi connectivity index (χ2n) is 6.38. The van der Waals surface area contributed by atoms with E-state index in [0.29, 0.717) is 6.42 Å². The van der Waals surface area contributed by atoms with Crippen LogP contribution in [0.4, 0.5) is 0 Å². The van der Waals surface area contributed by atoms with Gasteiger partial charge in [-0.25, -0.2) is 0 Å². The van der Waals surface area contributed by atoms with Crippen LogP contribution in [0.3, 0.4) is 0 Å². The van der Waals surface area contributed by atoms with Gasteiger partial charge >= 0.3 is 0 Å². The summed E-state index contributed by atoms with van der Waals surface area (Å²) in [6, 6.07) is 29.2. The van der Waals surface area contributed by atoms with Crippen molar-refractivity contribution >= 4 is 40.2 Å². The van der Waals surface area contributed by atoms with Gasteiger partial charge in [-0.3, -0.25) is 4.79 Å². The third kappa shape index (κ3) is 4.82. The van der Waals surface area contributed by atoms with Gasteiger partial charge in [0.1, 0.15) is 0 Å². The van der Waals surface area contributed by atoms with E-state index in [1.807, 2.05) is 30.0 Å². The van der Waals surface area contributed by atoms with Gasteiger partial charge in [-0.05, 0) is 54.1 Å². The van der Waals surface area contributed by atoms with E-state index < -0.39 is 0 Å². The smallest absolute Gasteiger partial charge is 0.172 e. The van der Waals surface area contributed by atoms with Crippen LogP contribution in [0.1, 0.15) is 22.5 Å². The zero-order valence-electron chi connectivity index (χ0n) is 15.3. The lowest BCUT2D eigenvalue weighted by Gasteiger charge is -2.00. The summed E-state index contributed by atoms with van der Waals surface area (Å²) in [5.74, 6) is 1.23. The number of carbonyl (C=O) groups is 1. The van der Waals surface area contributed by atoms with E-state index in [0.717, 1.165) is 17.1 Å². The zero-order chi connectivity index (χ0) is 19.2. The Bertz CT molecular complexity index is 1030. The lowest BCUT2D eigenvalue weighted by Crippen LogP contribution is -1.96. The van der Waals surface area contributed by atoms with Crippen molar-refractivity contribution in [2.45, 2.75) is 17.7 Å². The van der Waals surface area contributed by atoms with Gasteiger partial charge in [-0.15, -0.1) is 34.4 Å². The van der Waals surface area contributed by atoms with Gasteiger partial charge in [0.15, 0.2) is 5.78 Å². The second-order valence-corrected chi connectivity index (χ2v) is 9.72. The van der Waals surface area contributed by atoms with Crippen LogP contribution >= 0.6 is 34.4 Å². The number of rotatable bonds is 8. The Balaban J connectivity index is 1.34. The Kier molecular flexibility index (Phi) is 6.42. The van der Waals surface area contributed by atoms with Gasteiger partial charge in [-0.2, -0.15) is 0 Å². The first kappa shape index (κ1) is 19.2.